The lowest BCUT2D eigenvalue weighted by molar-refractivity contribution is 0.0489. The monoisotopic (exact) mass is 325 g/mol. The third-order valence-corrected chi connectivity index (χ3v) is 4.78. The largest absolute Gasteiger partial charge is 0.444 e. The molecule has 6 heteroatoms. The lowest BCUT2D eigenvalue weighted by atomic mass is 9.91. The summed E-state index contributed by atoms with van der Waals surface area (Å²) in [4.78, 5) is 17.4. The van der Waals surface area contributed by atoms with Gasteiger partial charge in [0.15, 0.2) is 0 Å². The molecule has 2 rings (SSSR count). The number of aromatic nitrogens is 1. The molecular formula is C16H27N3O2S. The van der Waals surface area contributed by atoms with Crippen LogP contribution >= 0.6 is 11.3 Å². The normalized spacial score (nSPS) is 22.4. The number of amides is 1. The minimum Gasteiger partial charge on any atom is -0.444 e. The lowest BCUT2D eigenvalue weighted by Gasteiger charge is -2.30. The standard InChI is InChI=1S/C16H27N3O2S/c1-11-14(22-10-18-11)9-17-12-5-7-13(8-6-12)19-15(20)21-16(2,3)4/h10,12-13,17H,5-9H2,1-4H3,(H,19,20). The molecule has 1 aliphatic carbocycles. The second-order valence-electron chi connectivity index (χ2n) is 6.94. The number of nitrogens with one attached hydrogen (secondary N) is 2. The fraction of sp³-hybridized carbons (Fsp3) is 0.750. The van der Waals surface area contributed by atoms with Crippen LogP contribution in [-0.4, -0.2) is 28.8 Å². The highest BCUT2D eigenvalue weighted by molar-refractivity contribution is 7.09. The molecule has 0 spiro atoms. The maximum Gasteiger partial charge on any atom is 0.407 e. The van der Waals surface area contributed by atoms with Gasteiger partial charge >= 0.3 is 6.09 Å². The molecular weight excluding hydrogens is 298 g/mol. The number of ether oxygens (including phenoxy) is 1. The Balaban J connectivity index is 1.67. The summed E-state index contributed by atoms with van der Waals surface area (Å²) in [6, 6.07) is 0.760. The summed E-state index contributed by atoms with van der Waals surface area (Å²) in [6.45, 7) is 8.60. The van der Waals surface area contributed by atoms with Gasteiger partial charge in [-0.05, 0) is 53.4 Å². The van der Waals surface area contributed by atoms with E-state index in [1.807, 2.05) is 26.3 Å². The number of hydrogen-bond donors (Lipinski definition) is 2. The molecule has 0 atom stereocenters. The Morgan fingerprint density at radius 2 is 1.95 bits per heavy atom. The molecule has 22 heavy (non-hydrogen) atoms. The molecule has 0 saturated heterocycles. The van der Waals surface area contributed by atoms with Crippen molar-refractivity contribution >= 4 is 17.4 Å². The van der Waals surface area contributed by atoms with Crippen molar-refractivity contribution in [1.82, 2.24) is 15.6 Å². The van der Waals surface area contributed by atoms with Gasteiger partial charge in [-0.25, -0.2) is 9.78 Å². The van der Waals surface area contributed by atoms with Crippen LogP contribution in [0.3, 0.4) is 0 Å². The fourth-order valence-electron chi connectivity index (χ4n) is 2.65. The molecule has 1 saturated carbocycles. The van der Waals surface area contributed by atoms with Crippen LogP contribution < -0.4 is 10.6 Å². The van der Waals surface area contributed by atoms with Crippen LogP contribution in [-0.2, 0) is 11.3 Å². The molecule has 1 amide bonds. The van der Waals surface area contributed by atoms with Crippen molar-refractivity contribution in [3.8, 4) is 0 Å². The molecule has 0 aromatic carbocycles. The highest BCUT2D eigenvalue weighted by Crippen LogP contribution is 2.20. The van der Waals surface area contributed by atoms with Crippen LogP contribution in [0.4, 0.5) is 4.79 Å². The van der Waals surface area contributed by atoms with Crippen LogP contribution in [0.5, 0.6) is 0 Å². The van der Waals surface area contributed by atoms with Gasteiger partial charge in [0.05, 0.1) is 11.2 Å². The van der Waals surface area contributed by atoms with E-state index in [-0.39, 0.29) is 12.1 Å². The Morgan fingerprint density at radius 3 is 2.50 bits per heavy atom. The average Bonchev–Trinajstić information content (AvgIpc) is 2.81. The van der Waals surface area contributed by atoms with E-state index in [0.717, 1.165) is 37.9 Å². The van der Waals surface area contributed by atoms with E-state index >= 15 is 0 Å². The van der Waals surface area contributed by atoms with Gasteiger partial charge in [0, 0.05) is 23.5 Å². The number of nitrogens with zero attached hydrogens (tertiary/aromatic N) is 1. The maximum atomic E-state index is 11.8. The zero-order valence-electron chi connectivity index (χ0n) is 13.9. The van der Waals surface area contributed by atoms with Crippen molar-refractivity contribution in [2.45, 2.75) is 77.6 Å². The van der Waals surface area contributed by atoms with E-state index < -0.39 is 5.60 Å². The lowest BCUT2D eigenvalue weighted by Crippen LogP contribution is -2.43. The van der Waals surface area contributed by atoms with Crippen LogP contribution in [0.1, 0.15) is 57.0 Å². The third kappa shape index (κ3) is 5.57. The number of thiazole rings is 1. The van der Waals surface area contributed by atoms with E-state index in [0.29, 0.717) is 6.04 Å². The summed E-state index contributed by atoms with van der Waals surface area (Å²) in [6.07, 6.45) is 3.86. The number of alkyl carbamates (subject to hydrolysis) is 1. The van der Waals surface area contributed by atoms with E-state index in [1.54, 1.807) is 11.3 Å². The van der Waals surface area contributed by atoms with Crippen molar-refractivity contribution in [3.05, 3.63) is 16.1 Å². The number of carbonyl (C=O) groups is 1. The van der Waals surface area contributed by atoms with Crippen LogP contribution in [0.15, 0.2) is 5.51 Å². The molecule has 1 fully saturated rings. The summed E-state index contributed by atoms with van der Waals surface area (Å²) in [5, 5.41) is 6.58. The fourth-order valence-corrected chi connectivity index (χ4v) is 3.38. The van der Waals surface area contributed by atoms with Gasteiger partial charge in [-0.3, -0.25) is 0 Å². The number of hydrogen-bond acceptors (Lipinski definition) is 5. The van der Waals surface area contributed by atoms with Gasteiger partial charge in [0.2, 0.25) is 0 Å². The molecule has 1 aliphatic rings. The Labute approximate surface area is 136 Å². The summed E-state index contributed by atoms with van der Waals surface area (Å²) in [5.74, 6) is 0. The second kappa shape index (κ2) is 7.42. The Kier molecular flexibility index (Phi) is 5.81. The Bertz CT molecular complexity index is 488. The van der Waals surface area contributed by atoms with Crippen molar-refractivity contribution in [3.63, 3.8) is 0 Å². The first-order chi connectivity index (χ1) is 10.3. The molecule has 1 heterocycles. The molecule has 0 bridgehead atoms. The average molecular weight is 325 g/mol. The summed E-state index contributed by atoms with van der Waals surface area (Å²) < 4.78 is 5.31. The topological polar surface area (TPSA) is 63.2 Å². The third-order valence-electron chi connectivity index (χ3n) is 3.84. The predicted molar refractivity (Wildman–Crippen MR) is 89.1 cm³/mol. The van der Waals surface area contributed by atoms with Gasteiger partial charge in [-0.1, -0.05) is 0 Å². The van der Waals surface area contributed by atoms with Crippen LogP contribution in [0.25, 0.3) is 0 Å². The van der Waals surface area contributed by atoms with Crippen molar-refractivity contribution in [1.29, 1.82) is 0 Å². The Morgan fingerprint density at radius 1 is 1.32 bits per heavy atom. The summed E-state index contributed by atoms with van der Waals surface area (Å²) in [5.41, 5.74) is 2.58. The van der Waals surface area contributed by atoms with Crippen molar-refractivity contribution in [2.75, 3.05) is 0 Å². The molecule has 1 aromatic rings. The van der Waals surface area contributed by atoms with Gasteiger partial charge in [0.1, 0.15) is 5.60 Å². The van der Waals surface area contributed by atoms with Gasteiger partial charge in [-0.15, -0.1) is 11.3 Å². The van der Waals surface area contributed by atoms with E-state index in [9.17, 15) is 4.79 Å². The number of carbonyl (C=O) groups excluding carboxylic acids is 1. The van der Waals surface area contributed by atoms with E-state index in [1.165, 1.54) is 4.88 Å². The Hall–Kier alpha value is -1.14. The zero-order chi connectivity index (χ0) is 16.2. The quantitative estimate of drug-likeness (QED) is 0.891. The minimum absolute atomic E-state index is 0.234. The summed E-state index contributed by atoms with van der Waals surface area (Å²) in [7, 11) is 0. The maximum absolute atomic E-state index is 11.8. The SMILES string of the molecule is Cc1ncsc1CNC1CCC(NC(=O)OC(C)(C)C)CC1. The van der Waals surface area contributed by atoms with Gasteiger partial charge in [0.25, 0.3) is 0 Å². The zero-order valence-corrected chi connectivity index (χ0v) is 14.8. The van der Waals surface area contributed by atoms with Crippen molar-refractivity contribution in [2.24, 2.45) is 0 Å². The molecule has 2 N–H and O–H groups in total. The molecule has 5 nitrogen and oxygen atoms in total. The smallest absolute Gasteiger partial charge is 0.407 e. The van der Waals surface area contributed by atoms with Crippen LogP contribution in [0.2, 0.25) is 0 Å². The number of rotatable bonds is 4. The first-order valence-corrected chi connectivity index (χ1v) is 8.83. The second-order valence-corrected chi connectivity index (χ2v) is 7.88. The van der Waals surface area contributed by atoms with Gasteiger partial charge in [-0.2, -0.15) is 0 Å². The van der Waals surface area contributed by atoms with Crippen molar-refractivity contribution < 1.29 is 9.53 Å². The van der Waals surface area contributed by atoms with E-state index in [4.69, 9.17) is 4.74 Å². The summed E-state index contributed by atoms with van der Waals surface area (Å²) >= 11 is 1.71. The molecule has 0 radical (unpaired) electrons. The first kappa shape index (κ1) is 17.2. The highest BCUT2D eigenvalue weighted by Gasteiger charge is 2.24. The van der Waals surface area contributed by atoms with Crippen LogP contribution in [0, 0.1) is 6.92 Å². The molecule has 1 aromatic heterocycles. The molecule has 0 unspecified atom stereocenters. The molecule has 124 valence electrons. The molecule has 0 aliphatic heterocycles. The minimum atomic E-state index is -0.435. The first-order valence-electron chi connectivity index (χ1n) is 7.95. The van der Waals surface area contributed by atoms with E-state index in [2.05, 4.69) is 22.5 Å². The number of aryl methyl sites for hydroxylation is 1. The predicted octanol–water partition coefficient (Wildman–Crippen LogP) is 3.38. The van der Waals surface area contributed by atoms with Gasteiger partial charge < -0.3 is 15.4 Å². The highest BCUT2D eigenvalue weighted by atomic mass is 32.1.